The van der Waals surface area contributed by atoms with Crippen LogP contribution in [0.4, 0.5) is 4.79 Å². The van der Waals surface area contributed by atoms with Crippen LogP contribution in [-0.2, 0) is 0 Å². The van der Waals surface area contributed by atoms with Crippen molar-refractivity contribution in [2.75, 3.05) is 33.3 Å². The van der Waals surface area contributed by atoms with Crippen LogP contribution >= 0.6 is 0 Å². The number of rotatable bonds is 4. The summed E-state index contributed by atoms with van der Waals surface area (Å²) in [6, 6.07) is 21.8. The van der Waals surface area contributed by atoms with Gasteiger partial charge >= 0.3 is 6.03 Å². The fourth-order valence-corrected chi connectivity index (χ4v) is 6.14. The summed E-state index contributed by atoms with van der Waals surface area (Å²) in [6.07, 6.45) is 2.73. The van der Waals surface area contributed by atoms with E-state index in [1.165, 1.54) is 10.8 Å². The lowest BCUT2D eigenvalue weighted by Crippen LogP contribution is -2.46. The molecule has 1 atom stereocenters. The average molecular weight is 512 g/mol. The fourth-order valence-electron chi connectivity index (χ4n) is 6.14. The quantitative estimate of drug-likeness (QED) is 0.365. The Kier molecular flexibility index (Phi) is 6.22. The molecule has 1 N–H and O–H groups in total. The van der Waals surface area contributed by atoms with Crippen LogP contribution in [0.2, 0.25) is 0 Å². The monoisotopic (exact) mass is 511 g/mol. The van der Waals surface area contributed by atoms with Gasteiger partial charge in [-0.15, -0.1) is 0 Å². The first-order valence-electron chi connectivity index (χ1n) is 13.4. The molecule has 7 heteroatoms. The van der Waals surface area contributed by atoms with Crippen molar-refractivity contribution in [3.05, 3.63) is 78.1 Å². The van der Waals surface area contributed by atoms with Crippen LogP contribution in [0.25, 0.3) is 21.7 Å². The van der Waals surface area contributed by atoms with Crippen LogP contribution in [0.3, 0.4) is 0 Å². The fraction of sp³-hybridized carbons (Fsp3) is 0.355. The Labute approximate surface area is 222 Å². The summed E-state index contributed by atoms with van der Waals surface area (Å²) in [6.45, 7) is 4.84. The number of likely N-dealkylation sites (tertiary alicyclic amines) is 2. The van der Waals surface area contributed by atoms with Crippen LogP contribution in [-0.4, -0.2) is 55.0 Å². The number of para-hydroxylation sites is 1. The van der Waals surface area contributed by atoms with Gasteiger partial charge in [-0.05, 0) is 60.1 Å². The number of furan rings is 1. The Morgan fingerprint density at radius 1 is 0.921 bits per heavy atom. The van der Waals surface area contributed by atoms with Crippen molar-refractivity contribution in [2.24, 2.45) is 5.41 Å². The van der Waals surface area contributed by atoms with E-state index in [0.717, 1.165) is 43.3 Å². The van der Waals surface area contributed by atoms with Gasteiger partial charge in [0.05, 0.1) is 13.2 Å². The number of hydrogen-bond donors (Lipinski definition) is 1. The van der Waals surface area contributed by atoms with Crippen molar-refractivity contribution < 1.29 is 18.7 Å². The second-order valence-electron chi connectivity index (χ2n) is 10.7. The summed E-state index contributed by atoms with van der Waals surface area (Å²) in [5.74, 6) is 0.878. The van der Waals surface area contributed by atoms with Crippen LogP contribution < -0.4 is 10.1 Å². The number of carbonyl (C=O) groups is 2. The smallest absolute Gasteiger partial charge is 0.317 e. The molecule has 0 saturated carbocycles. The second kappa shape index (κ2) is 9.71. The van der Waals surface area contributed by atoms with Gasteiger partial charge in [-0.25, -0.2) is 4.79 Å². The number of piperidine rings is 1. The number of hydrogen-bond acceptors (Lipinski definition) is 4. The van der Waals surface area contributed by atoms with Crippen molar-refractivity contribution >= 4 is 33.7 Å². The summed E-state index contributed by atoms with van der Waals surface area (Å²) < 4.78 is 11.3. The summed E-state index contributed by atoms with van der Waals surface area (Å²) in [5.41, 5.74) is 1.79. The second-order valence-corrected chi connectivity index (χ2v) is 10.7. The molecule has 1 spiro atoms. The molecule has 2 fully saturated rings. The number of methoxy groups -OCH3 is 1. The molecule has 2 aliphatic heterocycles. The highest BCUT2D eigenvalue weighted by atomic mass is 16.5. The standard InChI is InChI=1S/C31H33N3O4/c1-21(24-11-5-8-22-7-3-4-10-25(22)24)32-30(36)34-18-15-31(20-34)13-16-33(17-14-31)29(35)27-19-23-9-6-12-26(37-2)28(23)38-27/h3-12,19,21H,13-18,20H2,1-2H3,(H,32,36). The third kappa shape index (κ3) is 4.36. The number of ether oxygens (including phenoxy) is 1. The number of amides is 3. The van der Waals surface area contributed by atoms with Crippen molar-refractivity contribution in [1.82, 2.24) is 15.1 Å². The molecule has 1 aromatic heterocycles. The van der Waals surface area contributed by atoms with E-state index < -0.39 is 0 Å². The third-order valence-corrected chi connectivity index (χ3v) is 8.41. The van der Waals surface area contributed by atoms with Gasteiger partial charge in [0.25, 0.3) is 5.91 Å². The minimum absolute atomic E-state index is 0.0166. The number of nitrogens with zero attached hydrogens (tertiary/aromatic N) is 2. The first-order chi connectivity index (χ1) is 18.5. The predicted molar refractivity (Wildman–Crippen MR) is 147 cm³/mol. The topological polar surface area (TPSA) is 75.0 Å². The molecule has 0 aliphatic carbocycles. The van der Waals surface area contributed by atoms with Crippen LogP contribution in [0.15, 0.2) is 71.1 Å². The van der Waals surface area contributed by atoms with Crippen LogP contribution in [0, 0.1) is 5.41 Å². The normalized spacial score (nSPS) is 17.7. The van der Waals surface area contributed by atoms with Gasteiger partial charge in [0.2, 0.25) is 0 Å². The largest absolute Gasteiger partial charge is 0.493 e. The highest BCUT2D eigenvalue weighted by Gasteiger charge is 2.43. The van der Waals surface area contributed by atoms with Crippen molar-refractivity contribution in [2.45, 2.75) is 32.2 Å². The summed E-state index contributed by atoms with van der Waals surface area (Å²) in [4.78, 5) is 30.2. The Balaban J connectivity index is 1.07. The number of fused-ring (bicyclic) bond motifs is 2. The number of carbonyl (C=O) groups excluding carboxylic acids is 2. The number of benzene rings is 3. The van der Waals surface area contributed by atoms with E-state index in [1.807, 2.05) is 53.1 Å². The molecule has 0 bridgehead atoms. The molecule has 3 aromatic carbocycles. The van der Waals surface area contributed by atoms with Crippen LogP contribution in [0.1, 0.15) is 48.3 Å². The zero-order valence-corrected chi connectivity index (χ0v) is 21.9. The predicted octanol–water partition coefficient (Wildman–Crippen LogP) is 5.99. The van der Waals surface area contributed by atoms with E-state index in [-0.39, 0.29) is 23.4 Å². The minimum atomic E-state index is -0.0907. The van der Waals surface area contributed by atoms with Crippen molar-refractivity contribution in [3.8, 4) is 5.75 Å². The van der Waals surface area contributed by atoms with E-state index >= 15 is 0 Å². The molecular weight excluding hydrogens is 478 g/mol. The Morgan fingerprint density at radius 3 is 2.39 bits per heavy atom. The Morgan fingerprint density at radius 2 is 1.61 bits per heavy atom. The van der Waals surface area contributed by atoms with E-state index in [4.69, 9.17) is 9.15 Å². The average Bonchev–Trinajstić information content (AvgIpc) is 3.57. The first kappa shape index (κ1) is 24.3. The molecule has 2 aliphatic rings. The molecule has 7 nitrogen and oxygen atoms in total. The number of nitrogens with one attached hydrogen (secondary N) is 1. The van der Waals surface area contributed by atoms with Crippen molar-refractivity contribution in [3.63, 3.8) is 0 Å². The highest BCUT2D eigenvalue weighted by Crippen LogP contribution is 2.41. The van der Waals surface area contributed by atoms with Gasteiger partial charge in [-0.1, -0.05) is 54.6 Å². The van der Waals surface area contributed by atoms with Gasteiger partial charge in [-0.2, -0.15) is 0 Å². The van der Waals surface area contributed by atoms with Gasteiger partial charge in [0.15, 0.2) is 17.1 Å². The molecule has 0 radical (unpaired) electrons. The van der Waals surface area contributed by atoms with Crippen LogP contribution in [0.5, 0.6) is 5.75 Å². The molecule has 1 unspecified atom stereocenters. The molecule has 4 aromatic rings. The van der Waals surface area contributed by atoms with E-state index in [9.17, 15) is 9.59 Å². The lowest BCUT2D eigenvalue weighted by atomic mass is 9.78. The maximum Gasteiger partial charge on any atom is 0.317 e. The lowest BCUT2D eigenvalue weighted by Gasteiger charge is -2.39. The van der Waals surface area contributed by atoms with E-state index in [2.05, 4.69) is 29.6 Å². The summed E-state index contributed by atoms with van der Waals surface area (Å²) in [5, 5.41) is 6.42. The van der Waals surface area contributed by atoms with E-state index in [1.54, 1.807) is 13.2 Å². The summed E-state index contributed by atoms with van der Waals surface area (Å²) in [7, 11) is 1.60. The third-order valence-electron chi connectivity index (χ3n) is 8.41. The first-order valence-corrected chi connectivity index (χ1v) is 13.4. The molecule has 38 heavy (non-hydrogen) atoms. The zero-order chi connectivity index (χ0) is 26.3. The molecule has 3 heterocycles. The van der Waals surface area contributed by atoms with Gasteiger partial charge in [0.1, 0.15) is 0 Å². The Hall–Kier alpha value is -4.00. The highest BCUT2D eigenvalue weighted by molar-refractivity contribution is 5.97. The van der Waals surface area contributed by atoms with Gasteiger partial charge in [-0.3, -0.25) is 4.79 Å². The molecule has 6 rings (SSSR count). The molecule has 2 saturated heterocycles. The maximum atomic E-state index is 13.2. The SMILES string of the molecule is COc1cccc2cc(C(=O)N3CCC4(CCN(C(=O)NC(C)c5cccc6ccccc56)C4)CC3)oc12. The molecule has 196 valence electrons. The minimum Gasteiger partial charge on any atom is -0.493 e. The Bertz CT molecular complexity index is 1500. The van der Waals surface area contributed by atoms with Crippen molar-refractivity contribution in [1.29, 1.82) is 0 Å². The summed E-state index contributed by atoms with van der Waals surface area (Å²) >= 11 is 0. The molecule has 3 amide bonds. The van der Waals surface area contributed by atoms with Gasteiger partial charge in [0, 0.05) is 31.6 Å². The lowest BCUT2D eigenvalue weighted by molar-refractivity contribution is 0.0565. The van der Waals surface area contributed by atoms with E-state index in [0.29, 0.717) is 30.2 Å². The zero-order valence-electron chi connectivity index (χ0n) is 21.9. The van der Waals surface area contributed by atoms with Gasteiger partial charge < -0.3 is 24.3 Å². The molecular formula is C31H33N3O4. The maximum absolute atomic E-state index is 13.2. The number of urea groups is 1.